The van der Waals surface area contributed by atoms with Crippen molar-refractivity contribution in [2.75, 3.05) is 18.2 Å². The molecule has 0 radical (unpaired) electrons. The van der Waals surface area contributed by atoms with E-state index in [4.69, 9.17) is 9.47 Å². The number of benzene rings is 2. The van der Waals surface area contributed by atoms with Gasteiger partial charge < -0.3 is 9.47 Å². The molecule has 0 saturated carbocycles. The Labute approximate surface area is 158 Å². The normalized spacial score (nSPS) is 20.5. The zero-order valence-corrected chi connectivity index (χ0v) is 15.1. The van der Waals surface area contributed by atoms with Gasteiger partial charge in [0.05, 0.1) is 18.8 Å². The summed E-state index contributed by atoms with van der Waals surface area (Å²) >= 11 is 0. The number of hydrogen-bond acceptors (Lipinski definition) is 6. The molecule has 0 aliphatic carbocycles. The molecule has 2 heterocycles. The molecule has 2 aliphatic heterocycles. The van der Waals surface area contributed by atoms with Crippen LogP contribution in [0.3, 0.4) is 0 Å². The third-order valence-electron chi connectivity index (χ3n) is 4.55. The molecule has 4 rings (SSSR count). The van der Waals surface area contributed by atoms with Gasteiger partial charge in [0.2, 0.25) is 0 Å². The van der Waals surface area contributed by atoms with E-state index >= 15 is 0 Å². The van der Waals surface area contributed by atoms with Crippen LogP contribution in [0.4, 0.5) is 5.69 Å². The number of ether oxygens (including phenoxy) is 2. The highest BCUT2D eigenvalue weighted by atomic mass is 16.5. The molecule has 6 heteroatoms. The summed E-state index contributed by atoms with van der Waals surface area (Å²) in [7, 11) is 0. The van der Waals surface area contributed by atoms with Crippen LogP contribution >= 0.6 is 0 Å². The summed E-state index contributed by atoms with van der Waals surface area (Å²) in [4.78, 5) is 16.8. The Kier molecular flexibility index (Phi) is 4.78. The standard InChI is InChI=1S/C21H21N3O3/c1-2-26-21(25)19-15-24(23-14-6-13-22-20(19)23)16-9-11-18(12-10-16)27-17-7-4-3-5-8-17/h3-14,19-20H,2,15H2,1H3. The van der Waals surface area contributed by atoms with E-state index in [1.807, 2.05) is 83.8 Å². The maximum Gasteiger partial charge on any atom is 0.315 e. The van der Waals surface area contributed by atoms with Crippen molar-refractivity contribution < 1.29 is 14.3 Å². The van der Waals surface area contributed by atoms with Crippen LogP contribution < -0.4 is 9.75 Å². The number of carbonyl (C=O) groups is 1. The topological polar surface area (TPSA) is 54.4 Å². The van der Waals surface area contributed by atoms with Gasteiger partial charge in [-0.05, 0) is 49.4 Å². The Morgan fingerprint density at radius 3 is 2.59 bits per heavy atom. The summed E-state index contributed by atoms with van der Waals surface area (Å²) in [6.07, 6.45) is 5.26. The second kappa shape index (κ2) is 7.53. The number of carbonyl (C=O) groups excluding carboxylic acids is 1. The lowest BCUT2D eigenvalue weighted by Crippen LogP contribution is -2.38. The van der Waals surface area contributed by atoms with Crippen LogP contribution in [0.15, 0.2) is 71.9 Å². The van der Waals surface area contributed by atoms with Gasteiger partial charge in [0, 0.05) is 12.4 Å². The van der Waals surface area contributed by atoms with E-state index in [9.17, 15) is 4.79 Å². The average Bonchev–Trinajstić information content (AvgIpc) is 3.09. The lowest BCUT2D eigenvalue weighted by molar-refractivity contribution is -0.148. The molecule has 1 saturated heterocycles. The van der Waals surface area contributed by atoms with Crippen molar-refractivity contribution in [2.45, 2.75) is 13.1 Å². The first-order valence-electron chi connectivity index (χ1n) is 9.01. The van der Waals surface area contributed by atoms with Crippen molar-refractivity contribution in [1.82, 2.24) is 5.01 Å². The van der Waals surface area contributed by atoms with Gasteiger partial charge in [-0.1, -0.05) is 18.2 Å². The molecule has 2 unspecified atom stereocenters. The number of anilines is 1. The number of allylic oxidation sites excluding steroid dienone is 1. The zero-order chi connectivity index (χ0) is 18.6. The molecule has 2 atom stereocenters. The highest BCUT2D eigenvalue weighted by molar-refractivity contribution is 5.78. The molecular weight excluding hydrogens is 342 g/mol. The third-order valence-corrected chi connectivity index (χ3v) is 4.55. The highest BCUT2D eigenvalue weighted by Crippen LogP contribution is 2.34. The van der Waals surface area contributed by atoms with E-state index in [0.717, 1.165) is 17.2 Å². The van der Waals surface area contributed by atoms with Crippen molar-refractivity contribution in [3.8, 4) is 11.5 Å². The molecule has 27 heavy (non-hydrogen) atoms. The summed E-state index contributed by atoms with van der Waals surface area (Å²) in [6, 6.07) is 17.5. The van der Waals surface area contributed by atoms with Gasteiger partial charge in [0.25, 0.3) is 0 Å². The van der Waals surface area contributed by atoms with E-state index in [-0.39, 0.29) is 18.1 Å². The van der Waals surface area contributed by atoms with Crippen LogP contribution in [-0.2, 0) is 9.53 Å². The fraction of sp³-hybridized carbons (Fsp3) is 0.238. The minimum atomic E-state index is -0.327. The molecule has 138 valence electrons. The molecule has 2 aromatic carbocycles. The summed E-state index contributed by atoms with van der Waals surface area (Å²) < 4.78 is 11.1. The van der Waals surface area contributed by atoms with Crippen LogP contribution in [0.5, 0.6) is 11.5 Å². The Hall–Kier alpha value is -3.28. The number of nitrogens with zero attached hydrogens (tertiary/aromatic N) is 3. The summed E-state index contributed by atoms with van der Waals surface area (Å²) in [5.74, 6) is 1.01. The van der Waals surface area contributed by atoms with E-state index in [1.165, 1.54) is 0 Å². The van der Waals surface area contributed by atoms with Gasteiger partial charge in [-0.15, -0.1) is 0 Å². The lowest BCUT2D eigenvalue weighted by atomic mass is 10.1. The number of fused-ring (bicyclic) bond motifs is 1. The SMILES string of the molecule is CCOC(=O)C1CN(c2ccc(Oc3ccccc3)cc2)N2C=CC=NC12. The lowest BCUT2D eigenvalue weighted by Gasteiger charge is -2.32. The number of aliphatic imine (C=N–C) groups is 1. The molecule has 0 spiro atoms. The Morgan fingerprint density at radius 2 is 1.85 bits per heavy atom. The quantitative estimate of drug-likeness (QED) is 0.760. The maximum atomic E-state index is 12.3. The second-order valence-corrected chi connectivity index (χ2v) is 6.28. The van der Waals surface area contributed by atoms with E-state index < -0.39 is 0 Å². The summed E-state index contributed by atoms with van der Waals surface area (Å²) in [6.45, 7) is 2.70. The molecule has 0 aromatic heterocycles. The van der Waals surface area contributed by atoms with Crippen molar-refractivity contribution in [1.29, 1.82) is 0 Å². The van der Waals surface area contributed by atoms with Crippen LogP contribution in [-0.4, -0.2) is 36.5 Å². The molecular formula is C21H21N3O3. The number of hydrogen-bond donors (Lipinski definition) is 0. The zero-order valence-electron chi connectivity index (χ0n) is 15.1. The van der Waals surface area contributed by atoms with Crippen molar-refractivity contribution in [3.05, 3.63) is 66.9 Å². The van der Waals surface area contributed by atoms with Crippen LogP contribution in [0.25, 0.3) is 0 Å². The summed E-state index contributed by atoms with van der Waals surface area (Å²) in [5.41, 5.74) is 0.967. The molecule has 2 aliphatic rings. The molecule has 1 fully saturated rings. The largest absolute Gasteiger partial charge is 0.466 e. The van der Waals surface area contributed by atoms with E-state index in [0.29, 0.717) is 13.2 Å². The van der Waals surface area contributed by atoms with Crippen LogP contribution in [0.1, 0.15) is 6.92 Å². The molecule has 0 amide bonds. The van der Waals surface area contributed by atoms with Crippen LogP contribution in [0, 0.1) is 5.92 Å². The van der Waals surface area contributed by atoms with Crippen molar-refractivity contribution in [3.63, 3.8) is 0 Å². The molecule has 6 nitrogen and oxygen atoms in total. The highest BCUT2D eigenvalue weighted by Gasteiger charge is 2.44. The first kappa shape index (κ1) is 17.1. The molecule has 0 bridgehead atoms. The number of rotatable bonds is 5. The first-order valence-corrected chi connectivity index (χ1v) is 9.01. The van der Waals surface area contributed by atoms with Gasteiger partial charge in [-0.2, -0.15) is 0 Å². The van der Waals surface area contributed by atoms with Crippen molar-refractivity contribution >= 4 is 17.9 Å². The predicted molar refractivity (Wildman–Crippen MR) is 104 cm³/mol. The Bertz CT molecular complexity index is 849. The number of para-hydroxylation sites is 1. The second-order valence-electron chi connectivity index (χ2n) is 6.28. The first-order chi connectivity index (χ1) is 13.3. The summed E-state index contributed by atoms with van der Waals surface area (Å²) in [5, 5.41) is 4.03. The fourth-order valence-corrected chi connectivity index (χ4v) is 3.30. The van der Waals surface area contributed by atoms with Crippen molar-refractivity contribution in [2.24, 2.45) is 10.9 Å². The smallest absolute Gasteiger partial charge is 0.315 e. The molecule has 2 aromatic rings. The van der Waals surface area contributed by atoms with E-state index in [2.05, 4.69) is 4.99 Å². The minimum Gasteiger partial charge on any atom is -0.466 e. The Balaban J connectivity index is 1.53. The van der Waals surface area contributed by atoms with Gasteiger partial charge in [0.1, 0.15) is 17.4 Å². The number of esters is 1. The maximum absolute atomic E-state index is 12.3. The molecule has 0 N–H and O–H groups in total. The Morgan fingerprint density at radius 1 is 1.11 bits per heavy atom. The minimum absolute atomic E-state index is 0.216. The van der Waals surface area contributed by atoms with Crippen LogP contribution in [0.2, 0.25) is 0 Å². The number of hydrazine groups is 1. The van der Waals surface area contributed by atoms with Gasteiger partial charge >= 0.3 is 5.97 Å². The van der Waals surface area contributed by atoms with E-state index in [1.54, 1.807) is 6.21 Å². The average molecular weight is 363 g/mol. The van der Waals surface area contributed by atoms with Gasteiger partial charge in [0.15, 0.2) is 6.17 Å². The fourth-order valence-electron chi connectivity index (χ4n) is 3.30. The third kappa shape index (κ3) is 3.51. The monoisotopic (exact) mass is 363 g/mol. The predicted octanol–water partition coefficient (Wildman–Crippen LogP) is 3.62. The van der Waals surface area contributed by atoms with Gasteiger partial charge in [-0.25, -0.2) is 0 Å². The van der Waals surface area contributed by atoms with Gasteiger partial charge in [-0.3, -0.25) is 19.8 Å².